The lowest BCUT2D eigenvalue weighted by molar-refractivity contribution is 0.135. The summed E-state index contributed by atoms with van der Waals surface area (Å²) < 4.78 is 31.8. The molecule has 1 aromatic carbocycles. The van der Waals surface area contributed by atoms with Crippen molar-refractivity contribution < 1.29 is 18.3 Å². The van der Waals surface area contributed by atoms with Gasteiger partial charge in [0.05, 0.1) is 12.2 Å². The van der Waals surface area contributed by atoms with E-state index >= 15 is 0 Å². The van der Waals surface area contributed by atoms with Crippen molar-refractivity contribution in [3.8, 4) is 0 Å². The fraction of sp³-hybridized carbons (Fsp3) is 0.533. The highest BCUT2D eigenvalue weighted by Gasteiger charge is 2.33. The first kappa shape index (κ1) is 14.8. The van der Waals surface area contributed by atoms with E-state index in [1.54, 1.807) is 0 Å². The number of halogens is 2. The van der Waals surface area contributed by atoms with Crippen LogP contribution >= 0.6 is 0 Å². The Morgan fingerprint density at radius 1 is 1.30 bits per heavy atom. The van der Waals surface area contributed by atoms with Crippen molar-refractivity contribution in [2.75, 3.05) is 11.4 Å². The maximum Gasteiger partial charge on any atom is 0.414 e. The number of nitrogens with zero attached hydrogens (tertiary/aromatic N) is 1. The Labute approximate surface area is 117 Å². The molecule has 5 heteroatoms. The third-order valence-corrected chi connectivity index (χ3v) is 3.45. The SMILES string of the molecule is CCCCCCC1CN(c2ccc(F)cc2F)C(=O)O1. The largest absolute Gasteiger partial charge is 0.444 e. The van der Waals surface area contributed by atoms with Crippen LogP contribution in [-0.2, 0) is 4.74 Å². The van der Waals surface area contributed by atoms with Gasteiger partial charge in [0.2, 0.25) is 0 Å². The lowest BCUT2D eigenvalue weighted by Crippen LogP contribution is -2.25. The van der Waals surface area contributed by atoms with Gasteiger partial charge in [-0.1, -0.05) is 26.2 Å². The average Bonchev–Trinajstić information content (AvgIpc) is 2.76. The molecule has 0 radical (unpaired) electrons. The van der Waals surface area contributed by atoms with Crippen LogP contribution in [0.1, 0.15) is 39.0 Å². The van der Waals surface area contributed by atoms with Crippen molar-refractivity contribution in [1.29, 1.82) is 0 Å². The molecule has 1 aliphatic rings. The van der Waals surface area contributed by atoms with E-state index in [-0.39, 0.29) is 11.8 Å². The molecule has 1 amide bonds. The number of carbonyl (C=O) groups is 1. The topological polar surface area (TPSA) is 29.5 Å². The Morgan fingerprint density at radius 2 is 2.10 bits per heavy atom. The zero-order valence-corrected chi connectivity index (χ0v) is 11.6. The summed E-state index contributed by atoms with van der Waals surface area (Å²) in [6, 6.07) is 3.18. The van der Waals surface area contributed by atoms with Crippen LogP contribution in [0.3, 0.4) is 0 Å². The van der Waals surface area contributed by atoms with E-state index in [2.05, 4.69) is 6.92 Å². The van der Waals surface area contributed by atoms with Gasteiger partial charge in [0, 0.05) is 6.07 Å². The van der Waals surface area contributed by atoms with Crippen LogP contribution in [0.2, 0.25) is 0 Å². The van der Waals surface area contributed by atoms with Gasteiger partial charge < -0.3 is 4.74 Å². The lowest BCUT2D eigenvalue weighted by Gasteiger charge is -2.13. The minimum Gasteiger partial charge on any atom is -0.444 e. The summed E-state index contributed by atoms with van der Waals surface area (Å²) in [5.74, 6) is -1.40. The molecular weight excluding hydrogens is 264 g/mol. The molecule has 20 heavy (non-hydrogen) atoms. The van der Waals surface area contributed by atoms with Crippen LogP contribution in [0, 0.1) is 11.6 Å². The van der Waals surface area contributed by atoms with Crippen LogP contribution in [-0.4, -0.2) is 18.7 Å². The third-order valence-electron chi connectivity index (χ3n) is 3.45. The van der Waals surface area contributed by atoms with Crippen molar-refractivity contribution >= 4 is 11.8 Å². The molecule has 1 saturated heterocycles. The average molecular weight is 283 g/mol. The number of amides is 1. The molecule has 1 unspecified atom stereocenters. The Kier molecular flexibility index (Phi) is 4.93. The van der Waals surface area contributed by atoms with Gasteiger partial charge in [-0.3, -0.25) is 4.90 Å². The van der Waals surface area contributed by atoms with Gasteiger partial charge in [-0.2, -0.15) is 0 Å². The molecule has 0 saturated carbocycles. The number of cyclic esters (lactones) is 1. The molecule has 1 aliphatic heterocycles. The van der Waals surface area contributed by atoms with Gasteiger partial charge >= 0.3 is 6.09 Å². The normalized spacial score (nSPS) is 18.4. The molecule has 1 heterocycles. The molecular formula is C15H19F2NO2. The number of benzene rings is 1. The Hall–Kier alpha value is -1.65. The van der Waals surface area contributed by atoms with E-state index in [9.17, 15) is 13.6 Å². The molecule has 0 bridgehead atoms. The predicted octanol–water partition coefficient (Wildman–Crippen LogP) is 4.26. The first-order valence-electron chi connectivity index (χ1n) is 7.05. The van der Waals surface area contributed by atoms with Crippen molar-refractivity contribution in [2.45, 2.75) is 45.1 Å². The zero-order chi connectivity index (χ0) is 14.5. The van der Waals surface area contributed by atoms with E-state index in [1.807, 2.05) is 0 Å². The highest BCUT2D eigenvalue weighted by atomic mass is 19.1. The van der Waals surface area contributed by atoms with Gasteiger partial charge in [-0.25, -0.2) is 13.6 Å². The molecule has 1 aromatic rings. The number of hydrogen-bond donors (Lipinski definition) is 0. The number of hydrogen-bond acceptors (Lipinski definition) is 2. The highest BCUT2D eigenvalue weighted by molar-refractivity contribution is 5.89. The van der Waals surface area contributed by atoms with Crippen molar-refractivity contribution in [1.82, 2.24) is 0 Å². The number of unbranched alkanes of at least 4 members (excludes halogenated alkanes) is 3. The van der Waals surface area contributed by atoms with E-state index < -0.39 is 17.7 Å². The van der Waals surface area contributed by atoms with Gasteiger partial charge in [0.25, 0.3) is 0 Å². The first-order chi connectivity index (χ1) is 9.61. The molecule has 110 valence electrons. The van der Waals surface area contributed by atoms with Gasteiger partial charge in [0.15, 0.2) is 0 Å². The Bertz CT molecular complexity index is 479. The summed E-state index contributed by atoms with van der Waals surface area (Å²) in [7, 11) is 0. The van der Waals surface area contributed by atoms with Crippen LogP contribution in [0.25, 0.3) is 0 Å². The summed E-state index contributed by atoms with van der Waals surface area (Å²) in [6.07, 6.45) is 4.43. The number of carbonyl (C=O) groups excluding carboxylic acids is 1. The van der Waals surface area contributed by atoms with Crippen molar-refractivity contribution in [3.63, 3.8) is 0 Å². The summed E-state index contributed by atoms with van der Waals surface area (Å²) in [5, 5.41) is 0. The van der Waals surface area contributed by atoms with Crippen LogP contribution in [0.15, 0.2) is 18.2 Å². The smallest absolute Gasteiger partial charge is 0.414 e. The van der Waals surface area contributed by atoms with E-state index in [0.717, 1.165) is 44.2 Å². The lowest BCUT2D eigenvalue weighted by atomic mass is 10.1. The van der Waals surface area contributed by atoms with Gasteiger partial charge in [0.1, 0.15) is 17.7 Å². The molecule has 2 rings (SSSR count). The summed E-state index contributed by atoms with van der Waals surface area (Å²) in [4.78, 5) is 13.0. The van der Waals surface area contributed by atoms with Crippen molar-refractivity contribution in [3.05, 3.63) is 29.8 Å². The number of rotatable bonds is 6. The van der Waals surface area contributed by atoms with E-state index in [1.165, 1.54) is 11.0 Å². The van der Waals surface area contributed by atoms with Gasteiger partial charge in [-0.05, 0) is 25.0 Å². The predicted molar refractivity (Wildman–Crippen MR) is 72.7 cm³/mol. The fourth-order valence-electron chi connectivity index (χ4n) is 2.37. The minimum atomic E-state index is -0.742. The quantitative estimate of drug-likeness (QED) is 0.730. The standard InChI is InChI=1S/C15H19F2NO2/c1-2-3-4-5-6-12-10-18(15(19)20-12)14-8-7-11(16)9-13(14)17/h7-9,12H,2-6,10H2,1H3. The van der Waals surface area contributed by atoms with Crippen LogP contribution < -0.4 is 4.90 Å². The van der Waals surface area contributed by atoms with Crippen LogP contribution in [0.4, 0.5) is 19.3 Å². The molecule has 0 N–H and O–H groups in total. The Morgan fingerprint density at radius 3 is 2.80 bits per heavy atom. The fourth-order valence-corrected chi connectivity index (χ4v) is 2.37. The first-order valence-corrected chi connectivity index (χ1v) is 7.05. The zero-order valence-electron chi connectivity index (χ0n) is 11.6. The summed E-state index contributed by atoms with van der Waals surface area (Å²) >= 11 is 0. The third kappa shape index (κ3) is 3.46. The maximum absolute atomic E-state index is 13.7. The summed E-state index contributed by atoms with van der Waals surface area (Å²) in [5.41, 5.74) is 0.0764. The van der Waals surface area contributed by atoms with E-state index in [0.29, 0.717) is 6.54 Å². The highest BCUT2D eigenvalue weighted by Crippen LogP contribution is 2.26. The number of ether oxygens (including phenoxy) is 1. The molecule has 0 aliphatic carbocycles. The number of anilines is 1. The second kappa shape index (κ2) is 6.68. The van der Waals surface area contributed by atoms with Gasteiger partial charge in [-0.15, -0.1) is 0 Å². The molecule has 1 fully saturated rings. The summed E-state index contributed by atoms with van der Waals surface area (Å²) in [6.45, 7) is 2.46. The van der Waals surface area contributed by atoms with Crippen LogP contribution in [0.5, 0.6) is 0 Å². The molecule has 0 aromatic heterocycles. The second-order valence-corrected chi connectivity index (χ2v) is 5.06. The minimum absolute atomic E-state index is 0.0764. The molecule has 1 atom stereocenters. The molecule has 3 nitrogen and oxygen atoms in total. The van der Waals surface area contributed by atoms with E-state index in [4.69, 9.17) is 4.74 Å². The molecule has 0 spiro atoms. The monoisotopic (exact) mass is 283 g/mol. The second-order valence-electron chi connectivity index (χ2n) is 5.06. The Balaban J connectivity index is 1.95. The van der Waals surface area contributed by atoms with Crippen molar-refractivity contribution in [2.24, 2.45) is 0 Å². The maximum atomic E-state index is 13.7.